The zero-order valence-electron chi connectivity index (χ0n) is 16.6. The highest BCUT2D eigenvalue weighted by Gasteiger charge is 2.36. The molecular formula is C22H38N2. The number of rotatable bonds is 7. The van der Waals surface area contributed by atoms with E-state index in [9.17, 15) is 0 Å². The van der Waals surface area contributed by atoms with Gasteiger partial charge < -0.3 is 5.32 Å². The van der Waals surface area contributed by atoms with Gasteiger partial charge in [0.1, 0.15) is 0 Å². The number of hydrogen-bond donors (Lipinski definition) is 1. The van der Waals surface area contributed by atoms with Crippen LogP contribution in [0.4, 0.5) is 0 Å². The molecule has 1 aliphatic carbocycles. The molecule has 1 aliphatic rings. The molecular weight excluding hydrogens is 292 g/mol. The van der Waals surface area contributed by atoms with Gasteiger partial charge in [0.15, 0.2) is 0 Å². The van der Waals surface area contributed by atoms with Crippen LogP contribution in [0.3, 0.4) is 0 Å². The van der Waals surface area contributed by atoms with E-state index in [0.717, 1.165) is 25.6 Å². The van der Waals surface area contributed by atoms with Crippen LogP contribution in [0.5, 0.6) is 0 Å². The largest absolute Gasteiger partial charge is 0.311 e. The van der Waals surface area contributed by atoms with Gasteiger partial charge in [-0.05, 0) is 57.1 Å². The van der Waals surface area contributed by atoms with Crippen LogP contribution in [0.1, 0.15) is 65.9 Å². The molecule has 1 aromatic carbocycles. The summed E-state index contributed by atoms with van der Waals surface area (Å²) in [6, 6.07) is 10.9. The van der Waals surface area contributed by atoms with Gasteiger partial charge in [0.25, 0.3) is 0 Å². The van der Waals surface area contributed by atoms with Crippen molar-refractivity contribution in [3.63, 3.8) is 0 Å². The number of hydrogen-bond acceptors (Lipinski definition) is 2. The zero-order valence-corrected chi connectivity index (χ0v) is 16.6. The number of nitrogens with one attached hydrogen (secondary N) is 1. The molecule has 2 atom stereocenters. The Hall–Kier alpha value is -0.860. The van der Waals surface area contributed by atoms with Gasteiger partial charge in [0.05, 0.1) is 0 Å². The van der Waals surface area contributed by atoms with Crippen LogP contribution in [0.15, 0.2) is 30.3 Å². The van der Waals surface area contributed by atoms with Gasteiger partial charge in [-0.3, -0.25) is 4.90 Å². The van der Waals surface area contributed by atoms with Crippen LogP contribution in [-0.4, -0.2) is 30.1 Å². The van der Waals surface area contributed by atoms with E-state index >= 15 is 0 Å². The second-order valence-electron chi connectivity index (χ2n) is 9.09. The fraction of sp³-hybridized carbons (Fsp3) is 0.727. The highest BCUT2D eigenvalue weighted by atomic mass is 15.1. The molecule has 0 bridgehead atoms. The maximum atomic E-state index is 3.82. The Morgan fingerprint density at radius 1 is 1.21 bits per heavy atom. The molecule has 24 heavy (non-hydrogen) atoms. The Labute approximate surface area is 150 Å². The van der Waals surface area contributed by atoms with Crippen molar-refractivity contribution in [2.75, 3.05) is 19.6 Å². The average molecular weight is 331 g/mol. The van der Waals surface area contributed by atoms with E-state index in [1.807, 2.05) is 0 Å². The smallest absolute Gasteiger partial charge is 0.0233 e. The molecule has 1 fully saturated rings. The van der Waals surface area contributed by atoms with E-state index < -0.39 is 0 Å². The third-order valence-corrected chi connectivity index (χ3v) is 5.43. The second-order valence-corrected chi connectivity index (χ2v) is 9.09. The van der Waals surface area contributed by atoms with Gasteiger partial charge in [-0.25, -0.2) is 0 Å². The third kappa shape index (κ3) is 6.22. The lowest BCUT2D eigenvalue weighted by molar-refractivity contribution is 0.0725. The minimum absolute atomic E-state index is 0.199. The van der Waals surface area contributed by atoms with Crippen LogP contribution in [0.25, 0.3) is 0 Å². The van der Waals surface area contributed by atoms with E-state index in [2.05, 4.69) is 75.2 Å². The first-order valence-corrected chi connectivity index (χ1v) is 9.83. The predicted octanol–water partition coefficient (Wildman–Crippen LogP) is 5.09. The maximum absolute atomic E-state index is 3.82. The fourth-order valence-corrected chi connectivity index (χ4v) is 4.18. The summed E-state index contributed by atoms with van der Waals surface area (Å²) >= 11 is 0. The van der Waals surface area contributed by atoms with E-state index in [4.69, 9.17) is 0 Å². The maximum Gasteiger partial charge on any atom is 0.0233 e. The van der Waals surface area contributed by atoms with Gasteiger partial charge in [0, 0.05) is 25.2 Å². The first kappa shape index (κ1) is 19.5. The molecule has 1 aromatic rings. The van der Waals surface area contributed by atoms with Crippen molar-refractivity contribution in [1.82, 2.24) is 10.2 Å². The molecule has 2 rings (SSSR count). The van der Waals surface area contributed by atoms with Crippen molar-refractivity contribution in [3.05, 3.63) is 35.9 Å². The minimum atomic E-state index is 0.199. The molecule has 2 heteroatoms. The van der Waals surface area contributed by atoms with Gasteiger partial charge in [-0.2, -0.15) is 0 Å². The first-order valence-electron chi connectivity index (χ1n) is 9.83. The predicted molar refractivity (Wildman–Crippen MR) is 105 cm³/mol. The van der Waals surface area contributed by atoms with Gasteiger partial charge in [0.2, 0.25) is 0 Å². The van der Waals surface area contributed by atoms with Gasteiger partial charge in [-0.15, -0.1) is 0 Å². The topological polar surface area (TPSA) is 15.3 Å². The Bertz CT molecular complexity index is 476. The monoisotopic (exact) mass is 330 g/mol. The fourth-order valence-electron chi connectivity index (χ4n) is 4.18. The van der Waals surface area contributed by atoms with Crippen LogP contribution >= 0.6 is 0 Å². The lowest BCUT2D eigenvalue weighted by atomic mass is 9.69. The zero-order chi connectivity index (χ0) is 17.6. The van der Waals surface area contributed by atoms with Gasteiger partial charge in [-0.1, -0.05) is 57.0 Å². The molecule has 0 radical (unpaired) electrons. The summed E-state index contributed by atoms with van der Waals surface area (Å²) in [4.78, 5) is 2.65. The molecule has 1 N–H and O–H groups in total. The van der Waals surface area contributed by atoms with Crippen molar-refractivity contribution in [1.29, 1.82) is 0 Å². The molecule has 0 amide bonds. The lowest BCUT2D eigenvalue weighted by Gasteiger charge is -2.45. The summed E-state index contributed by atoms with van der Waals surface area (Å²) in [5.41, 5.74) is 2.06. The molecule has 0 spiro atoms. The Balaban J connectivity index is 2.07. The highest BCUT2D eigenvalue weighted by molar-refractivity contribution is 5.14. The highest BCUT2D eigenvalue weighted by Crippen LogP contribution is 2.40. The lowest BCUT2D eigenvalue weighted by Crippen LogP contribution is -2.50. The van der Waals surface area contributed by atoms with Crippen molar-refractivity contribution in [2.45, 2.75) is 72.4 Å². The molecule has 0 aliphatic heterocycles. The first-order chi connectivity index (χ1) is 11.3. The van der Waals surface area contributed by atoms with Crippen LogP contribution in [0.2, 0.25) is 0 Å². The Morgan fingerprint density at radius 2 is 1.92 bits per heavy atom. The summed E-state index contributed by atoms with van der Waals surface area (Å²) in [5.74, 6) is 0.857. The standard InChI is InChI=1S/C22H38N2/c1-6-24(16-20-12-8-7-9-13-20)18-22(17-23-21(3,4)5)14-10-11-19(2)15-22/h7-9,12-13,19,23H,6,10-11,14-18H2,1-5H3. The second kappa shape index (κ2) is 8.49. The number of nitrogens with zero attached hydrogens (tertiary/aromatic N) is 1. The normalized spacial score (nSPS) is 25.2. The summed E-state index contributed by atoms with van der Waals surface area (Å²) in [5, 5.41) is 3.82. The molecule has 0 heterocycles. The van der Waals surface area contributed by atoms with Crippen molar-refractivity contribution in [3.8, 4) is 0 Å². The van der Waals surface area contributed by atoms with E-state index in [1.165, 1.54) is 37.8 Å². The summed E-state index contributed by atoms with van der Waals surface area (Å²) in [6.45, 7) is 16.2. The molecule has 0 aromatic heterocycles. The van der Waals surface area contributed by atoms with Crippen LogP contribution in [-0.2, 0) is 6.54 Å². The summed E-state index contributed by atoms with van der Waals surface area (Å²) in [7, 11) is 0. The van der Waals surface area contributed by atoms with Crippen molar-refractivity contribution >= 4 is 0 Å². The Kier molecular flexibility index (Phi) is 6.88. The third-order valence-electron chi connectivity index (χ3n) is 5.43. The van der Waals surface area contributed by atoms with E-state index in [1.54, 1.807) is 0 Å². The Morgan fingerprint density at radius 3 is 2.50 bits per heavy atom. The summed E-state index contributed by atoms with van der Waals surface area (Å²) < 4.78 is 0. The van der Waals surface area contributed by atoms with Crippen LogP contribution < -0.4 is 5.32 Å². The average Bonchev–Trinajstić information content (AvgIpc) is 2.53. The molecule has 136 valence electrons. The van der Waals surface area contributed by atoms with Crippen molar-refractivity contribution in [2.24, 2.45) is 11.3 Å². The van der Waals surface area contributed by atoms with E-state index in [0.29, 0.717) is 5.41 Å². The molecule has 0 saturated heterocycles. The molecule has 2 unspecified atom stereocenters. The van der Waals surface area contributed by atoms with Crippen molar-refractivity contribution < 1.29 is 0 Å². The quantitative estimate of drug-likeness (QED) is 0.749. The molecule has 1 saturated carbocycles. The SMILES string of the molecule is CCN(Cc1ccccc1)CC1(CNC(C)(C)C)CCCC(C)C1. The van der Waals surface area contributed by atoms with Gasteiger partial charge >= 0.3 is 0 Å². The van der Waals surface area contributed by atoms with E-state index in [-0.39, 0.29) is 5.54 Å². The van der Waals surface area contributed by atoms with Crippen LogP contribution in [0, 0.1) is 11.3 Å². The summed E-state index contributed by atoms with van der Waals surface area (Å²) in [6.07, 6.45) is 5.52. The molecule has 2 nitrogen and oxygen atoms in total. The minimum Gasteiger partial charge on any atom is -0.311 e. The number of benzene rings is 1.